The van der Waals surface area contributed by atoms with Gasteiger partial charge in [0.1, 0.15) is 5.82 Å². The topological polar surface area (TPSA) is 68.0 Å². The van der Waals surface area contributed by atoms with Gasteiger partial charge in [-0.25, -0.2) is 4.98 Å². The summed E-state index contributed by atoms with van der Waals surface area (Å²) < 4.78 is 0. The van der Waals surface area contributed by atoms with Crippen molar-refractivity contribution in [2.45, 2.75) is 20.3 Å². The normalized spacial score (nSPS) is 22.9. The van der Waals surface area contributed by atoms with E-state index in [0.717, 1.165) is 18.2 Å². The maximum atomic E-state index is 11.8. The molecule has 1 heterocycles. The van der Waals surface area contributed by atoms with Gasteiger partial charge < -0.3 is 11.1 Å². The van der Waals surface area contributed by atoms with Gasteiger partial charge in [-0.3, -0.25) is 4.79 Å². The molecule has 0 aliphatic heterocycles. The number of nitrogens with two attached hydrogens (primary N) is 1. The summed E-state index contributed by atoms with van der Waals surface area (Å²) in [6, 6.07) is 3.36. The predicted octanol–water partition coefficient (Wildman–Crippen LogP) is 1.36. The van der Waals surface area contributed by atoms with Gasteiger partial charge in [0.2, 0.25) is 0 Å². The zero-order chi connectivity index (χ0) is 11.7. The number of nitrogens with one attached hydrogen (secondary N) is 1. The molecule has 3 N–H and O–H groups in total. The fourth-order valence-corrected chi connectivity index (χ4v) is 1.83. The van der Waals surface area contributed by atoms with Gasteiger partial charge in [0.05, 0.1) is 0 Å². The summed E-state index contributed by atoms with van der Waals surface area (Å²) in [6.45, 7) is 4.79. The van der Waals surface area contributed by atoms with Crippen LogP contribution in [-0.4, -0.2) is 17.4 Å². The Bertz CT molecular complexity index is 396. The molecule has 0 radical (unpaired) electrons. The van der Waals surface area contributed by atoms with Gasteiger partial charge in [0.25, 0.3) is 5.91 Å². The molecule has 1 aliphatic carbocycles. The number of amides is 1. The SMILES string of the molecule is Cc1cc(C(=O)NCC2CC2C)cc(N)n1. The molecule has 0 saturated heterocycles. The number of carbonyl (C=O) groups is 1. The van der Waals surface area contributed by atoms with Crippen LogP contribution in [0.4, 0.5) is 5.82 Å². The minimum absolute atomic E-state index is 0.0590. The van der Waals surface area contributed by atoms with Crippen molar-refractivity contribution in [3.05, 3.63) is 23.4 Å². The second kappa shape index (κ2) is 4.12. The van der Waals surface area contributed by atoms with Gasteiger partial charge in [-0.15, -0.1) is 0 Å². The zero-order valence-electron chi connectivity index (χ0n) is 9.66. The number of hydrogen-bond acceptors (Lipinski definition) is 3. The molecular weight excluding hydrogens is 202 g/mol. The first-order chi connectivity index (χ1) is 7.56. The molecule has 16 heavy (non-hydrogen) atoms. The first-order valence-corrected chi connectivity index (χ1v) is 5.58. The quantitative estimate of drug-likeness (QED) is 0.806. The number of aromatic nitrogens is 1. The van der Waals surface area contributed by atoms with Gasteiger partial charge >= 0.3 is 0 Å². The lowest BCUT2D eigenvalue weighted by Gasteiger charge is -2.05. The lowest BCUT2D eigenvalue weighted by atomic mass is 10.2. The first kappa shape index (κ1) is 10.9. The van der Waals surface area contributed by atoms with Crippen LogP contribution < -0.4 is 11.1 Å². The number of pyridine rings is 1. The molecule has 0 bridgehead atoms. The van der Waals surface area contributed by atoms with Crippen LogP contribution in [-0.2, 0) is 0 Å². The maximum Gasteiger partial charge on any atom is 0.251 e. The van der Waals surface area contributed by atoms with E-state index in [4.69, 9.17) is 5.73 Å². The maximum absolute atomic E-state index is 11.8. The number of nitrogen functional groups attached to an aromatic ring is 1. The molecule has 1 amide bonds. The van der Waals surface area contributed by atoms with Crippen molar-refractivity contribution < 1.29 is 4.79 Å². The van der Waals surface area contributed by atoms with Crippen LogP contribution in [0.5, 0.6) is 0 Å². The first-order valence-electron chi connectivity index (χ1n) is 5.58. The van der Waals surface area contributed by atoms with Gasteiger partial charge in [-0.05, 0) is 37.3 Å². The van der Waals surface area contributed by atoms with Crippen molar-refractivity contribution >= 4 is 11.7 Å². The Morgan fingerprint density at radius 1 is 1.62 bits per heavy atom. The number of hydrogen-bond donors (Lipinski definition) is 2. The monoisotopic (exact) mass is 219 g/mol. The second-order valence-corrected chi connectivity index (χ2v) is 4.61. The highest BCUT2D eigenvalue weighted by Gasteiger charge is 2.32. The fourth-order valence-electron chi connectivity index (χ4n) is 1.83. The van der Waals surface area contributed by atoms with E-state index in [1.807, 2.05) is 6.92 Å². The van der Waals surface area contributed by atoms with Crippen LogP contribution >= 0.6 is 0 Å². The Morgan fingerprint density at radius 3 is 2.88 bits per heavy atom. The molecule has 0 spiro atoms. The molecule has 4 nitrogen and oxygen atoms in total. The summed E-state index contributed by atoms with van der Waals surface area (Å²) in [5, 5.41) is 2.92. The van der Waals surface area contributed by atoms with Crippen LogP contribution in [0.25, 0.3) is 0 Å². The highest BCUT2D eigenvalue weighted by Crippen LogP contribution is 2.36. The average molecular weight is 219 g/mol. The summed E-state index contributed by atoms with van der Waals surface area (Å²) >= 11 is 0. The van der Waals surface area contributed by atoms with Crippen molar-refractivity contribution in [3.8, 4) is 0 Å². The third-order valence-corrected chi connectivity index (χ3v) is 3.04. The van der Waals surface area contributed by atoms with Crippen LogP contribution in [0, 0.1) is 18.8 Å². The fraction of sp³-hybridized carbons (Fsp3) is 0.500. The molecule has 2 atom stereocenters. The molecular formula is C12H17N3O. The Labute approximate surface area is 95.3 Å². The number of aryl methyl sites for hydroxylation is 1. The third-order valence-electron chi connectivity index (χ3n) is 3.04. The molecule has 2 rings (SSSR count). The number of carbonyl (C=O) groups excluding carboxylic acids is 1. The molecule has 4 heteroatoms. The molecule has 0 aromatic carbocycles. The van der Waals surface area contributed by atoms with Crippen molar-refractivity contribution in [1.29, 1.82) is 0 Å². The largest absolute Gasteiger partial charge is 0.384 e. The van der Waals surface area contributed by atoms with E-state index in [-0.39, 0.29) is 5.91 Å². The molecule has 1 fully saturated rings. The van der Waals surface area contributed by atoms with E-state index in [1.165, 1.54) is 6.42 Å². The lowest BCUT2D eigenvalue weighted by Crippen LogP contribution is -2.26. The summed E-state index contributed by atoms with van der Waals surface area (Å²) in [6.07, 6.45) is 1.22. The van der Waals surface area contributed by atoms with Crippen molar-refractivity contribution in [1.82, 2.24) is 10.3 Å². The lowest BCUT2D eigenvalue weighted by molar-refractivity contribution is 0.0951. The highest BCUT2D eigenvalue weighted by atomic mass is 16.1. The van der Waals surface area contributed by atoms with Gasteiger partial charge in [-0.2, -0.15) is 0 Å². The standard InChI is InChI=1S/C12H17N3O/c1-7-3-10(7)6-14-12(16)9-4-8(2)15-11(13)5-9/h4-5,7,10H,3,6H2,1-2H3,(H2,13,15)(H,14,16). The Balaban J connectivity index is 1.97. The van der Waals surface area contributed by atoms with E-state index < -0.39 is 0 Å². The molecule has 1 aromatic rings. The second-order valence-electron chi connectivity index (χ2n) is 4.61. The van der Waals surface area contributed by atoms with E-state index in [0.29, 0.717) is 17.3 Å². The van der Waals surface area contributed by atoms with Crippen LogP contribution in [0.1, 0.15) is 29.4 Å². The molecule has 1 aliphatic rings. The molecule has 1 saturated carbocycles. The van der Waals surface area contributed by atoms with Gasteiger partial charge in [0, 0.05) is 17.8 Å². The van der Waals surface area contributed by atoms with Crippen molar-refractivity contribution in [2.24, 2.45) is 11.8 Å². The van der Waals surface area contributed by atoms with Gasteiger partial charge in [0.15, 0.2) is 0 Å². The minimum Gasteiger partial charge on any atom is -0.384 e. The van der Waals surface area contributed by atoms with E-state index >= 15 is 0 Å². The Hall–Kier alpha value is -1.58. The highest BCUT2D eigenvalue weighted by molar-refractivity contribution is 5.94. The van der Waals surface area contributed by atoms with Crippen molar-refractivity contribution in [2.75, 3.05) is 12.3 Å². The number of rotatable bonds is 3. The Kier molecular flexibility index (Phi) is 2.81. The number of nitrogens with zero attached hydrogens (tertiary/aromatic N) is 1. The minimum atomic E-state index is -0.0590. The third kappa shape index (κ3) is 2.51. The molecule has 86 valence electrons. The zero-order valence-corrected chi connectivity index (χ0v) is 9.66. The van der Waals surface area contributed by atoms with Gasteiger partial charge in [-0.1, -0.05) is 6.92 Å². The van der Waals surface area contributed by atoms with Crippen LogP contribution in [0.15, 0.2) is 12.1 Å². The van der Waals surface area contributed by atoms with E-state index in [9.17, 15) is 4.79 Å². The van der Waals surface area contributed by atoms with E-state index in [2.05, 4.69) is 17.2 Å². The smallest absolute Gasteiger partial charge is 0.251 e. The summed E-state index contributed by atoms with van der Waals surface area (Å²) in [7, 11) is 0. The molecule has 2 unspecified atom stereocenters. The number of anilines is 1. The van der Waals surface area contributed by atoms with Crippen LogP contribution in [0.3, 0.4) is 0 Å². The average Bonchev–Trinajstić information content (AvgIpc) is 2.89. The molecule has 1 aromatic heterocycles. The van der Waals surface area contributed by atoms with Crippen LogP contribution in [0.2, 0.25) is 0 Å². The summed E-state index contributed by atoms with van der Waals surface area (Å²) in [5.74, 6) is 1.75. The van der Waals surface area contributed by atoms with Crippen molar-refractivity contribution in [3.63, 3.8) is 0 Å². The summed E-state index contributed by atoms with van der Waals surface area (Å²) in [4.78, 5) is 15.8. The van der Waals surface area contributed by atoms with E-state index in [1.54, 1.807) is 12.1 Å². The summed E-state index contributed by atoms with van der Waals surface area (Å²) in [5.41, 5.74) is 6.96. The predicted molar refractivity (Wildman–Crippen MR) is 63.0 cm³/mol. The Morgan fingerprint density at radius 2 is 2.31 bits per heavy atom.